The second kappa shape index (κ2) is 9.12. The maximum absolute atomic E-state index is 13.4. The fourth-order valence-corrected chi connectivity index (χ4v) is 4.92. The van der Waals surface area contributed by atoms with Crippen LogP contribution in [0.4, 0.5) is 0 Å². The van der Waals surface area contributed by atoms with Crippen molar-refractivity contribution in [1.82, 2.24) is 9.62 Å². The van der Waals surface area contributed by atoms with Gasteiger partial charge in [-0.25, -0.2) is 8.42 Å². The number of rotatable bonds is 8. The first-order chi connectivity index (χ1) is 12.8. The molecule has 2 aromatic carbocycles. The molecule has 0 aromatic heterocycles. The van der Waals surface area contributed by atoms with Gasteiger partial charge in [0.2, 0.25) is 15.9 Å². The number of nitrogens with one attached hydrogen (secondary N) is 1. The standard InChI is InChI=1S/C20H26N2O4S/c1-15-11-16(2)20(17(3)12-15)27(25,26)22(14-19(24)21-9-10-23)13-18-7-5-4-6-8-18/h4-8,11-12,23H,9-10,13-14H2,1-3H3,(H,21,24). The first-order valence-electron chi connectivity index (χ1n) is 8.75. The largest absolute Gasteiger partial charge is 0.395 e. The van der Waals surface area contributed by atoms with E-state index in [9.17, 15) is 13.2 Å². The van der Waals surface area contributed by atoms with E-state index in [0.29, 0.717) is 11.1 Å². The van der Waals surface area contributed by atoms with Crippen LogP contribution in [-0.4, -0.2) is 43.4 Å². The molecule has 0 saturated heterocycles. The topological polar surface area (TPSA) is 86.7 Å². The lowest BCUT2D eigenvalue weighted by atomic mass is 10.1. The first-order valence-corrected chi connectivity index (χ1v) is 10.2. The van der Waals surface area contributed by atoms with Crippen LogP contribution in [-0.2, 0) is 21.4 Å². The number of aryl methyl sites for hydroxylation is 3. The fraction of sp³-hybridized carbons (Fsp3) is 0.350. The van der Waals surface area contributed by atoms with Crippen molar-refractivity contribution in [1.29, 1.82) is 0 Å². The molecular weight excluding hydrogens is 364 g/mol. The third kappa shape index (κ3) is 5.38. The van der Waals surface area contributed by atoms with Crippen LogP contribution in [0.2, 0.25) is 0 Å². The summed E-state index contributed by atoms with van der Waals surface area (Å²) in [5.41, 5.74) is 3.08. The van der Waals surface area contributed by atoms with Crippen LogP contribution in [0.5, 0.6) is 0 Å². The Bertz CT molecular complexity index is 872. The van der Waals surface area contributed by atoms with Gasteiger partial charge in [-0.3, -0.25) is 4.79 Å². The number of sulfonamides is 1. The number of carbonyl (C=O) groups excluding carboxylic acids is 1. The van der Waals surface area contributed by atoms with Crippen LogP contribution >= 0.6 is 0 Å². The van der Waals surface area contributed by atoms with E-state index in [-0.39, 0.29) is 31.1 Å². The molecule has 0 aliphatic carbocycles. The molecule has 2 rings (SSSR count). The van der Waals surface area contributed by atoms with Gasteiger partial charge in [0.25, 0.3) is 0 Å². The maximum Gasteiger partial charge on any atom is 0.244 e. The molecule has 0 unspecified atom stereocenters. The van der Waals surface area contributed by atoms with E-state index in [4.69, 9.17) is 5.11 Å². The van der Waals surface area contributed by atoms with Crippen molar-refractivity contribution in [2.75, 3.05) is 19.7 Å². The number of aliphatic hydroxyl groups excluding tert-OH is 1. The zero-order valence-electron chi connectivity index (χ0n) is 15.9. The van der Waals surface area contributed by atoms with Gasteiger partial charge in [-0.15, -0.1) is 0 Å². The van der Waals surface area contributed by atoms with Gasteiger partial charge in [0.1, 0.15) is 0 Å². The zero-order chi connectivity index (χ0) is 20.0. The maximum atomic E-state index is 13.4. The smallest absolute Gasteiger partial charge is 0.244 e. The van der Waals surface area contributed by atoms with Gasteiger partial charge in [-0.1, -0.05) is 48.0 Å². The van der Waals surface area contributed by atoms with Gasteiger partial charge in [-0.05, 0) is 37.5 Å². The lowest BCUT2D eigenvalue weighted by molar-refractivity contribution is -0.121. The number of carbonyl (C=O) groups is 1. The van der Waals surface area contributed by atoms with E-state index in [2.05, 4.69) is 5.32 Å². The molecule has 0 fully saturated rings. The highest BCUT2D eigenvalue weighted by molar-refractivity contribution is 7.89. The minimum Gasteiger partial charge on any atom is -0.395 e. The SMILES string of the molecule is Cc1cc(C)c(S(=O)(=O)N(CC(=O)NCCO)Cc2ccccc2)c(C)c1. The molecule has 0 saturated carbocycles. The van der Waals surface area contributed by atoms with Crippen LogP contribution in [0.25, 0.3) is 0 Å². The van der Waals surface area contributed by atoms with Gasteiger partial charge >= 0.3 is 0 Å². The summed E-state index contributed by atoms with van der Waals surface area (Å²) in [6.45, 7) is 5.10. The molecule has 0 aliphatic heterocycles. The molecule has 1 amide bonds. The molecule has 0 aliphatic rings. The van der Waals surface area contributed by atoms with E-state index in [1.165, 1.54) is 4.31 Å². The van der Waals surface area contributed by atoms with E-state index in [1.807, 2.05) is 49.4 Å². The molecular formula is C20H26N2O4S. The van der Waals surface area contributed by atoms with Crippen LogP contribution in [0.1, 0.15) is 22.3 Å². The van der Waals surface area contributed by atoms with Gasteiger partial charge in [-0.2, -0.15) is 4.31 Å². The van der Waals surface area contributed by atoms with Crippen molar-refractivity contribution < 1.29 is 18.3 Å². The molecule has 0 spiro atoms. The van der Waals surface area contributed by atoms with E-state index in [0.717, 1.165) is 11.1 Å². The molecule has 0 heterocycles. The Morgan fingerprint density at radius 3 is 2.22 bits per heavy atom. The number of nitrogens with zero attached hydrogens (tertiary/aromatic N) is 1. The Balaban J connectivity index is 2.43. The predicted octanol–water partition coefficient (Wildman–Crippen LogP) is 1.91. The second-order valence-corrected chi connectivity index (χ2v) is 8.43. The van der Waals surface area contributed by atoms with E-state index in [1.54, 1.807) is 13.8 Å². The Morgan fingerprint density at radius 1 is 1.07 bits per heavy atom. The predicted molar refractivity (Wildman–Crippen MR) is 105 cm³/mol. The number of amides is 1. The number of hydrogen-bond acceptors (Lipinski definition) is 4. The summed E-state index contributed by atoms with van der Waals surface area (Å²) in [4.78, 5) is 12.4. The highest BCUT2D eigenvalue weighted by Crippen LogP contribution is 2.26. The average Bonchev–Trinajstić information content (AvgIpc) is 2.59. The monoisotopic (exact) mass is 390 g/mol. The molecule has 0 radical (unpaired) electrons. The van der Waals surface area contributed by atoms with Crippen LogP contribution in [0.3, 0.4) is 0 Å². The van der Waals surface area contributed by atoms with Crippen LogP contribution in [0, 0.1) is 20.8 Å². The van der Waals surface area contributed by atoms with Crippen molar-refractivity contribution in [2.24, 2.45) is 0 Å². The van der Waals surface area contributed by atoms with Gasteiger partial charge < -0.3 is 10.4 Å². The molecule has 27 heavy (non-hydrogen) atoms. The molecule has 7 heteroatoms. The summed E-state index contributed by atoms with van der Waals surface area (Å²) in [5, 5.41) is 11.4. The molecule has 6 nitrogen and oxygen atoms in total. The minimum atomic E-state index is -3.89. The zero-order valence-corrected chi connectivity index (χ0v) is 16.7. The molecule has 146 valence electrons. The average molecular weight is 391 g/mol. The van der Waals surface area contributed by atoms with Crippen molar-refractivity contribution in [3.63, 3.8) is 0 Å². The van der Waals surface area contributed by atoms with Gasteiger partial charge in [0.05, 0.1) is 18.0 Å². The fourth-order valence-electron chi connectivity index (χ4n) is 3.13. The Hall–Kier alpha value is -2.22. The quantitative estimate of drug-likeness (QED) is 0.721. The van der Waals surface area contributed by atoms with Crippen LogP contribution < -0.4 is 5.32 Å². The van der Waals surface area contributed by atoms with Gasteiger partial charge in [0, 0.05) is 13.1 Å². The van der Waals surface area contributed by atoms with Crippen molar-refractivity contribution in [3.8, 4) is 0 Å². The first kappa shape index (κ1) is 21.1. The summed E-state index contributed by atoms with van der Waals surface area (Å²) in [7, 11) is -3.89. The summed E-state index contributed by atoms with van der Waals surface area (Å²) < 4.78 is 28.0. The normalized spacial score (nSPS) is 11.6. The lowest BCUT2D eigenvalue weighted by Crippen LogP contribution is -2.41. The third-order valence-electron chi connectivity index (χ3n) is 4.16. The highest BCUT2D eigenvalue weighted by atomic mass is 32.2. The molecule has 2 aromatic rings. The summed E-state index contributed by atoms with van der Waals surface area (Å²) in [5.74, 6) is -0.453. The number of hydrogen-bond donors (Lipinski definition) is 2. The molecule has 0 atom stereocenters. The van der Waals surface area contributed by atoms with E-state index < -0.39 is 15.9 Å². The second-order valence-electron chi connectivity index (χ2n) is 6.56. The lowest BCUT2D eigenvalue weighted by Gasteiger charge is -2.24. The summed E-state index contributed by atoms with van der Waals surface area (Å²) >= 11 is 0. The van der Waals surface area contributed by atoms with Crippen LogP contribution in [0.15, 0.2) is 47.4 Å². The minimum absolute atomic E-state index is 0.0840. The third-order valence-corrected chi connectivity index (χ3v) is 6.26. The Labute approximate surface area is 160 Å². The molecule has 2 N–H and O–H groups in total. The van der Waals surface area contributed by atoms with E-state index >= 15 is 0 Å². The summed E-state index contributed by atoms with van der Waals surface area (Å²) in [6, 6.07) is 12.8. The Morgan fingerprint density at radius 2 is 1.67 bits per heavy atom. The van der Waals surface area contributed by atoms with Crippen molar-refractivity contribution in [3.05, 3.63) is 64.7 Å². The van der Waals surface area contributed by atoms with Gasteiger partial charge in [0.15, 0.2) is 0 Å². The number of benzene rings is 2. The number of aliphatic hydroxyl groups is 1. The molecule has 0 bridgehead atoms. The van der Waals surface area contributed by atoms with Crippen molar-refractivity contribution in [2.45, 2.75) is 32.2 Å². The highest BCUT2D eigenvalue weighted by Gasteiger charge is 2.29. The Kier molecular flexibility index (Phi) is 7.12. The van der Waals surface area contributed by atoms with Crippen molar-refractivity contribution >= 4 is 15.9 Å². The summed E-state index contributed by atoms with van der Waals surface area (Å²) in [6.07, 6.45) is 0.